The Labute approximate surface area is 156 Å². The Kier molecular flexibility index (Phi) is 5.46. The molecule has 1 unspecified atom stereocenters. The summed E-state index contributed by atoms with van der Waals surface area (Å²) in [5.74, 6) is -1.43. The Hall–Kier alpha value is -2.48. The van der Waals surface area contributed by atoms with Crippen LogP contribution >= 0.6 is 0 Å². The van der Waals surface area contributed by atoms with Crippen molar-refractivity contribution in [3.8, 4) is 0 Å². The van der Waals surface area contributed by atoms with Crippen molar-refractivity contribution in [1.82, 2.24) is 14.9 Å². The number of carboxylic acids is 1. The predicted octanol–water partition coefficient (Wildman–Crippen LogP) is 2.08. The van der Waals surface area contributed by atoms with Crippen LogP contribution in [-0.4, -0.2) is 46.3 Å². The zero-order valence-corrected chi connectivity index (χ0v) is 15.8. The van der Waals surface area contributed by atoms with Gasteiger partial charge in [0.05, 0.1) is 5.39 Å². The summed E-state index contributed by atoms with van der Waals surface area (Å²) in [7, 11) is 0. The number of carbonyl (C=O) groups is 1. The summed E-state index contributed by atoms with van der Waals surface area (Å²) in [5, 5.41) is 12.7. The van der Waals surface area contributed by atoms with Crippen molar-refractivity contribution in [2.24, 2.45) is 5.92 Å². The van der Waals surface area contributed by atoms with Crippen molar-refractivity contribution in [2.45, 2.75) is 39.8 Å². The maximum Gasteiger partial charge on any atom is 0.344 e. The highest BCUT2D eigenvalue weighted by Crippen LogP contribution is 2.24. The minimum atomic E-state index is -1.56. The number of halogens is 1. The lowest BCUT2D eigenvalue weighted by atomic mass is 10.1. The van der Waals surface area contributed by atoms with E-state index in [1.54, 1.807) is 19.1 Å². The summed E-state index contributed by atoms with van der Waals surface area (Å²) in [5.41, 5.74) is -1.48. The molecule has 1 saturated heterocycles. The highest BCUT2D eigenvalue weighted by atomic mass is 19.1. The van der Waals surface area contributed by atoms with Crippen molar-refractivity contribution in [2.75, 3.05) is 24.5 Å². The number of aryl methyl sites for hydroxylation is 1. The normalized spacial score (nSPS) is 17.2. The molecule has 146 valence electrons. The van der Waals surface area contributed by atoms with Crippen molar-refractivity contribution in [3.63, 3.8) is 0 Å². The van der Waals surface area contributed by atoms with E-state index in [1.807, 2.05) is 0 Å². The second-order valence-corrected chi connectivity index (χ2v) is 7.25. The van der Waals surface area contributed by atoms with E-state index < -0.39 is 22.9 Å². The molecule has 1 aliphatic rings. The van der Waals surface area contributed by atoms with E-state index in [1.165, 1.54) is 0 Å². The van der Waals surface area contributed by atoms with E-state index in [0.29, 0.717) is 17.8 Å². The zero-order valence-electron chi connectivity index (χ0n) is 15.8. The summed E-state index contributed by atoms with van der Waals surface area (Å²) in [6, 6.07) is 3.70. The number of fused-ring (bicyclic) bond motifs is 1. The maximum atomic E-state index is 14.6. The SMILES string of the molecule is CCn1c(F)c(C(=O)O)c(=O)c2ccc(N3CCC(CNC(C)C)C3)nc21. The molecule has 0 aliphatic carbocycles. The molecule has 1 fully saturated rings. The molecule has 0 spiro atoms. The zero-order chi connectivity index (χ0) is 19.7. The molecule has 3 rings (SSSR count). The van der Waals surface area contributed by atoms with Gasteiger partial charge in [0.15, 0.2) is 5.56 Å². The maximum absolute atomic E-state index is 14.6. The summed E-state index contributed by atoms with van der Waals surface area (Å²) < 4.78 is 15.7. The fourth-order valence-corrected chi connectivity index (χ4v) is 3.54. The smallest absolute Gasteiger partial charge is 0.344 e. The van der Waals surface area contributed by atoms with Crippen LogP contribution in [0.2, 0.25) is 0 Å². The average molecular weight is 376 g/mol. The van der Waals surface area contributed by atoms with Gasteiger partial charge in [-0.05, 0) is 37.9 Å². The first-order valence-corrected chi connectivity index (χ1v) is 9.28. The van der Waals surface area contributed by atoms with Gasteiger partial charge in [-0.15, -0.1) is 0 Å². The quantitative estimate of drug-likeness (QED) is 0.751. The molecule has 0 aromatic carbocycles. The monoisotopic (exact) mass is 376 g/mol. The number of nitrogens with zero attached hydrogens (tertiary/aromatic N) is 3. The fourth-order valence-electron chi connectivity index (χ4n) is 3.54. The first-order chi connectivity index (χ1) is 12.8. The molecular weight excluding hydrogens is 351 g/mol. The Morgan fingerprint density at radius 2 is 2.19 bits per heavy atom. The van der Waals surface area contributed by atoms with Gasteiger partial charge >= 0.3 is 5.97 Å². The second-order valence-electron chi connectivity index (χ2n) is 7.25. The molecule has 2 N–H and O–H groups in total. The highest BCUT2D eigenvalue weighted by molar-refractivity contribution is 5.92. The molecule has 2 aromatic rings. The van der Waals surface area contributed by atoms with Crippen LogP contribution in [0, 0.1) is 11.9 Å². The molecule has 8 heteroatoms. The Morgan fingerprint density at radius 3 is 2.81 bits per heavy atom. The molecule has 0 saturated carbocycles. The Balaban J connectivity index is 1.97. The lowest BCUT2D eigenvalue weighted by Gasteiger charge is -2.20. The summed E-state index contributed by atoms with van der Waals surface area (Å²) in [6.45, 7) is 8.71. The van der Waals surface area contributed by atoms with Gasteiger partial charge in [-0.1, -0.05) is 13.8 Å². The van der Waals surface area contributed by atoms with Gasteiger partial charge < -0.3 is 19.9 Å². The van der Waals surface area contributed by atoms with Crippen molar-refractivity contribution in [1.29, 1.82) is 0 Å². The van der Waals surface area contributed by atoms with Gasteiger partial charge in [0.2, 0.25) is 11.4 Å². The molecule has 0 radical (unpaired) electrons. The third kappa shape index (κ3) is 3.66. The predicted molar refractivity (Wildman–Crippen MR) is 102 cm³/mol. The molecular formula is C19H25FN4O3. The number of hydrogen-bond acceptors (Lipinski definition) is 5. The lowest BCUT2D eigenvalue weighted by molar-refractivity contribution is 0.0688. The number of anilines is 1. The number of rotatable bonds is 6. The Bertz CT molecular complexity index is 925. The van der Waals surface area contributed by atoms with Gasteiger partial charge in [0.25, 0.3) is 0 Å². The first-order valence-electron chi connectivity index (χ1n) is 9.28. The van der Waals surface area contributed by atoms with Gasteiger partial charge in [0.1, 0.15) is 11.5 Å². The van der Waals surface area contributed by atoms with E-state index in [-0.39, 0.29) is 17.6 Å². The molecule has 2 aromatic heterocycles. The number of nitrogens with one attached hydrogen (secondary N) is 1. The minimum absolute atomic E-state index is 0.122. The molecule has 7 nitrogen and oxygen atoms in total. The molecule has 1 atom stereocenters. The van der Waals surface area contributed by atoms with Crippen molar-refractivity contribution < 1.29 is 14.3 Å². The van der Waals surface area contributed by atoms with E-state index >= 15 is 0 Å². The molecule has 0 bridgehead atoms. The summed E-state index contributed by atoms with van der Waals surface area (Å²) in [4.78, 5) is 30.3. The van der Waals surface area contributed by atoms with Crippen LogP contribution in [0.4, 0.5) is 10.2 Å². The molecule has 3 heterocycles. The second kappa shape index (κ2) is 7.64. The topological polar surface area (TPSA) is 87.5 Å². The lowest BCUT2D eigenvalue weighted by Crippen LogP contribution is -2.31. The van der Waals surface area contributed by atoms with Crippen LogP contribution in [0.15, 0.2) is 16.9 Å². The largest absolute Gasteiger partial charge is 0.477 e. The average Bonchev–Trinajstić information content (AvgIpc) is 3.08. The third-order valence-electron chi connectivity index (χ3n) is 4.99. The number of aromatic nitrogens is 2. The molecule has 1 aliphatic heterocycles. The number of aromatic carboxylic acids is 1. The number of pyridine rings is 2. The van der Waals surface area contributed by atoms with Gasteiger partial charge in [-0.2, -0.15) is 4.39 Å². The van der Waals surface area contributed by atoms with Crippen LogP contribution in [0.3, 0.4) is 0 Å². The summed E-state index contributed by atoms with van der Waals surface area (Å²) >= 11 is 0. The van der Waals surface area contributed by atoms with Crippen LogP contribution in [0.1, 0.15) is 37.6 Å². The standard InChI is InChI=1S/C19H25FN4O3/c1-4-24-17(20)15(19(26)27)16(25)13-5-6-14(22-18(13)24)23-8-7-12(10-23)9-21-11(2)3/h5-6,11-12,21H,4,7-10H2,1-3H3,(H,26,27). The van der Waals surface area contributed by atoms with Gasteiger partial charge in [-0.25, -0.2) is 9.78 Å². The van der Waals surface area contributed by atoms with Gasteiger partial charge in [-0.3, -0.25) is 4.79 Å². The highest BCUT2D eigenvalue weighted by Gasteiger charge is 2.26. The Morgan fingerprint density at radius 1 is 1.44 bits per heavy atom. The van der Waals surface area contributed by atoms with Crippen LogP contribution in [-0.2, 0) is 6.54 Å². The van der Waals surface area contributed by atoms with Crippen LogP contribution in [0.25, 0.3) is 11.0 Å². The van der Waals surface area contributed by atoms with Crippen LogP contribution in [0.5, 0.6) is 0 Å². The number of hydrogen-bond donors (Lipinski definition) is 2. The molecule has 27 heavy (non-hydrogen) atoms. The first kappa shape index (κ1) is 19.3. The van der Waals surface area contributed by atoms with Crippen LogP contribution < -0.4 is 15.6 Å². The van der Waals surface area contributed by atoms with Crippen molar-refractivity contribution in [3.05, 3.63) is 33.9 Å². The van der Waals surface area contributed by atoms with E-state index in [2.05, 4.69) is 29.0 Å². The summed E-state index contributed by atoms with van der Waals surface area (Å²) in [6.07, 6.45) is 1.03. The van der Waals surface area contributed by atoms with E-state index in [9.17, 15) is 19.1 Å². The minimum Gasteiger partial charge on any atom is -0.477 e. The van der Waals surface area contributed by atoms with Gasteiger partial charge in [0, 0.05) is 25.7 Å². The third-order valence-corrected chi connectivity index (χ3v) is 4.99. The number of carboxylic acid groups (broad SMARTS) is 1. The fraction of sp³-hybridized carbons (Fsp3) is 0.526. The van der Waals surface area contributed by atoms with Crippen molar-refractivity contribution >= 4 is 22.8 Å². The van der Waals surface area contributed by atoms with E-state index in [4.69, 9.17) is 0 Å². The van der Waals surface area contributed by atoms with E-state index in [0.717, 1.165) is 30.6 Å². The molecule has 0 amide bonds.